The molecule has 3 rings (SSSR count). The molecular formula is C23H21FN4O2. The molecule has 0 saturated carbocycles. The smallest absolute Gasteiger partial charge is 0.264 e. The van der Waals surface area contributed by atoms with Gasteiger partial charge in [-0.3, -0.25) is 9.59 Å². The van der Waals surface area contributed by atoms with Crippen molar-refractivity contribution in [3.63, 3.8) is 0 Å². The quantitative estimate of drug-likeness (QED) is 0.591. The van der Waals surface area contributed by atoms with Gasteiger partial charge in [-0.25, -0.2) is 9.38 Å². The lowest BCUT2D eigenvalue weighted by Gasteiger charge is -2.07. The van der Waals surface area contributed by atoms with Crippen LogP contribution in [0.25, 0.3) is 5.70 Å². The zero-order valence-corrected chi connectivity index (χ0v) is 16.7. The molecule has 0 saturated heterocycles. The molecule has 30 heavy (non-hydrogen) atoms. The summed E-state index contributed by atoms with van der Waals surface area (Å²) in [6.45, 7) is 4.52. The normalized spacial score (nSPS) is 13.9. The summed E-state index contributed by atoms with van der Waals surface area (Å²) in [5.74, 6) is -1.26. The Hall–Kier alpha value is -3.79. The number of aliphatic imine (C=N–C) groups is 1. The summed E-state index contributed by atoms with van der Waals surface area (Å²) >= 11 is 0. The number of benzene rings is 2. The van der Waals surface area contributed by atoms with Gasteiger partial charge in [-0.05, 0) is 24.5 Å². The zero-order valence-electron chi connectivity index (χ0n) is 16.7. The number of fused-ring (bicyclic) bond motifs is 1. The maximum absolute atomic E-state index is 13.9. The third kappa shape index (κ3) is 4.44. The van der Waals surface area contributed by atoms with E-state index in [1.165, 1.54) is 18.2 Å². The van der Waals surface area contributed by atoms with Crippen LogP contribution in [0.2, 0.25) is 0 Å². The van der Waals surface area contributed by atoms with Crippen molar-refractivity contribution in [1.29, 1.82) is 5.26 Å². The van der Waals surface area contributed by atoms with E-state index >= 15 is 0 Å². The third-order valence-electron chi connectivity index (χ3n) is 4.59. The Labute approximate surface area is 174 Å². The minimum Gasteiger partial charge on any atom is -0.351 e. The van der Waals surface area contributed by atoms with Gasteiger partial charge >= 0.3 is 0 Å². The Bertz CT molecular complexity index is 1100. The van der Waals surface area contributed by atoms with Gasteiger partial charge in [0.1, 0.15) is 23.3 Å². The number of hydrogen-bond acceptors (Lipinski definition) is 4. The minimum atomic E-state index is -0.664. The molecule has 0 radical (unpaired) electrons. The monoisotopic (exact) mass is 404 g/mol. The van der Waals surface area contributed by atoms with Crippen LogP contribution in [0.3, 0.4) is 0 Å². The number of rotatable bonds is 5. The molecule has 0 aliphatic carbocycles. The third-order valence-corrected chi connectivity index (χ3v) is 4.59. The highest BCUT2D eigenvalue weighted by molar-refractivity contribution is 6.20. The lowest BCUT2D eigenvalue weighted by Crippen LogP contribution is -2.31. The molecule has 0 unspecified atom stereocenters. The van der Waals surface area contributed by atoms with Crippen molar-refractivity contribution < 1.29 is 14.0 Å². The predicted octanol–water partition coefficient (Wildman–Crippen LogP) is 3.41. The molecule has 0 spiro atoms. The fourth-order valence-electron chi connectivity index (χ4n) is 3.01. The van der Waals surface area contributed by atoms with E-state index in [0.29, 0.717) is 23.6 Å². The number of carbonyl (C=O) groups is 2. The summed E-state index contributed by atoms with van der Waals surface area (Å²) in [7, 11) is 0. The lowest BCUT2D eigenvalue weighted by atomic mass is 10.0. The molecule has 0 bridgehead atoms. The van der Waals surface area contributed by atoms with Gasteiger partial charge < -0.3 is 10.6 Å². The van der Waals surface area contributed by atoms with E-state index in [-0.39, 0.29) is 22.7 Å². The molecule has 2 aromatic carbocycles. The predicted molar refractivity (Wildman–Crippen MR) is 112 cm³/mol. The van der Waals surface area contributed by atoms with Crippen LogP contribution in [0.1, 0.15) is 41.8 Å². The average molecular weight is 404 g/mol. The molecule has 2 N–H and O–H groups in total. The molecule has 1 heterocycles. The number of carbonyl (C=O) groups excluding carboxylic acids is 2. The topological polar surface area (TPSA) is 94.3 Å². The summed E-state index contributed by atoms with van der Waals surface area (Å²) in [5.41, 5.74) is 1.03. The van der Waals surface area contributed by atoms with Crippen LogP contribution in [0.5, 0.6) is 0 Å². The van der Waals surface area contributed by atoms with Gasteiger partial charge in [0.05, 0.1) is 11.3 Å². The lowest BCUT2D eigenvalue weighted by molar-refractivity contribution is -0.117. The molecule has 0 fully saturated rings. The molecule has 2 amide bonds. The van der Waals surface area contributed by atoms with Crippen LogP contribution in [0.4, 0.5) is 4.39 Å². The molecule has 6 nitrogen and oxygen atoms in total. The standard InChI is InChI=1S/C23H21FN4O2/c1-14(2)11-12-26-22(29)18(13-25)20-15-7-3-4-8-16(15)21(27-20)28-23(30)17-9-5-6-10-19(17)24/h3-10,14H,11-12H2,1-2H3,(H,26,29)(H,27,28,30)/b20-18-. The van der Waals surface area contributed by atoms with Crippen molar-refractivity contribution in [2.24, 2.45) is 10.9 Å². The molecule has 7 heteroatoms. The number of nitrogens with zero attached hydrogens (tertiary/aromatic N) is 2. The summed E-state index contributed by atoms with van der Waals surface area (Å²) in [4.78, 5) is 29.4. The first-order valence-corrected chi connectivity index (χ1v) is 9.59. The SMILES string of the molecule is CC(C)CCNC(=O)/C(C#N)=C1\N=C(NC(=O)c2ccccc2F)c2ccccc21. The van der Waals surface area contributed by atoms with Gasteiger partial charge in [-0.2, -0.15) is 5.26 Å². The molecule has 1 aliphatic rings. The first-order chi connectivity index (χ1) is 14.4. The van der Waals surface area contributed by atoms with E-state index in [1.807, 2.05) is 19.9 Å². The Balaban J connectivity index is 1.94. The van der Waals surface area contributed by atoms with Gasteiger partial charge in [0.25, 0.3) is 11.8 Å². The zero-order chi connectivity index (χ0) is 21.7. The second kappa shape index (κ2) is 9.14. The number of amides is 2. The Morgan fingerprint density at radius 1 is 1.10 bits per heavy atom. The van der Waals surface area contributed by atoms with Crippen molar-refractivity contribution in [2.45, 2.75) is 20.3 Å². The number of nitriles is 1. The highest BCUT2D eigenvalue weighted by atomic mass is 19.1. The van der Waals surface area contributed by atoms with Crippen molar-refractivity contribution in [2.75, 3.05) is 6.54 Å². The van der Waals surface area contributed by atoms with Crippen LogP contribution in [-0.2, 0) is 4.79 Å². The van der Waals surface area contributed by atoms with E-state index in [0.717, 1.165) is 6.42 Å². The highest BCUT2D eigenvalue weighted by Crippen LogP contribution is 2.30. The van der Waals surface area contributed by atoms with E-state index in [1.54, 1.807) is 30.3 Å². The van der Waals surface area contributed by atoms with Gasteiger partial charge in [-0.1, -0.05) is 50.2 Å². The van der Waals surface area contributed by atoms with E-state index in [2.05, 4.69) is 15.6 Å². The maximum Gasteiger partial charge on any atom is 0.264 e. The van der Waals surface area contributed by atoms with Crippen LogP contribution in [-0.4, -0.2) is 24.2 Å². The summed E-state index contributed by atoms with van der Waals surface area (Å²) in [6, 6.07) is 14.5. The molecule has 2 aromatic rings. The van der Waals surface area contributed by atoms with E-state index in [4.69, 9.17) is 0 Å². The van der Waals surface area contributed by atoms with E-state index in [9.17, 15) is 19.2 Å². The summed E-state index contributed by atoms with van der Waals surface area (Å²) in [5, 5.41) is 14.9. The number of nitrogens with one attached hydrogen (secondary N) is 2. The summed E-state index contributed by atoms with van der Waals surface area (Å²) < 4.78 is 13.9. The highest BCUT2D eigenvalue weighted by Gasteiger charge is 2.27. The van der Waals surface area contributed by atoms with Crippen molar-refractivity contribution in [1.82, 2.24) is 10.6 Å². The molecular weight excluding hydrogens is 383 g/mol. The van der Waals surface area contributed by atoms with Crippen molar-refractivity contribution in [3.05, 3.63) is 76.6 Å². The molecule has 0 atom stereocenters. The Morgan fingerprint density at radius 3 is 2.43 bits per heavy atom. The number of halogens is 1. The number of hydrogen-bond donors (Lipinski definition) is 2. The molecule has 152 valence electrons. The first kappa shape index (κ1) is 20.9. The largest absolute Gasteiger partial charge is 0.351 e. The second-order valence-corrected chi connectivity index (χ2v) is 7.21. The maximum atomic E-state index is 13.9. The van der Waals surface area contributed by atoms with Crippen LogP contribution in [0.15, 0.2) is 59.1 Å². The Morgan fingerprint density at radius 2 is 1.77 bits per heavy atom. The fourth-order valence-corrected chi connectivity index (χ4v) is 3.01. The minimum absolute atomic E-state index is 0.123. The van der Waals surface area contributed by atoms with Gasteiger partial charge in [0.2, 0.25) is 0 Å². The summed E-state index contributed by atoms with van der Waals surface area (Å²) in [6.07, 6.45) is 0.781. The molecule has 0 aromatic heterocycles. The van der Waals surface area contributed by atoms with Crippen LogP contribution >= 0.6 is 0 Å². The number of amidine groups is 1. The van der Waals surface area contributed by atoms with Crippen LogP contribution in [0, 0.1) is 23.1 Å². The van der Waals surface area contributed by atoms with E-state index < -0.39 is 17.6 Å². The van der Waals surface area contributed by atoms with Gasteiger partial charge in [0.15, 0.2) is 0 Å². The fraction of sp³-hybridized carbons (Fsp3) is 0.217. The molecule has 1 aliphatic heterocycles. The second-order valence-electron chi connectivity index (χ2n) is 7.21. The van der Waals surface area contributed by atoms with Gasteiger partial charge in [-0.15, -0.1) is 0 Å². The van der Waals surface area contributed by atoms with Crippen molar-refractivity contribution in [3.8, 4) is 6.07 Å². The van der Waals surface area contributed by atoms with Gasteiger partial charge in [0, 0.05) is 17.7 Å². The first-order valence-electron chi connectivity index (χ1n) is 9.59. The average Bonchev–Trinajstić information content (AvgIpc) is 3.07. The van der Waals surface area contributed by atoms with Crippen molar-refractivity contribution >= 4 is 23.3 Å². The van der Waals surface area contributed by atoms with Crippen LogP contribution < -0.4 is 10.6 Å². The Kier molecular flexibility index (Phi) is 6.38.